The first kappa shape index (κ1) is 17.0. The molecule has 1 rings (SSSR count). The molecule has 0 aromatic heterocycles. The van der Waals surface area contributed by atoms with Gasteiger partial charge >= 0.3 is 6.09 Å². The molecule has 1 fully saturated rings. The molecular weight excluding hydrogens is 254 g/mol. The van der Waals surface area contributed by atoms with Gasteiger partial charge in [-0.05, 0) is 53.8 Å². The number of ether oxygens (including phenoxy) is 1. The van der Waals surface area contributed by atoms with Crippen LogP contribution in [0, 0.1) is 0 Å². The van der Waals surface area contributed by atoms with Crippen LogP contribution < -0.4 is 10.6 Å². The number of likely N-dealkylation sites (tertiary alicyclic amines) is 1. The fraction of sp³-hybridized carbons (Fsp3) is 0.800. The van der Waals surface area contributed by atoms with Gasteiger partial charge in [0.25, 0.3) is 0 Å². The smallest absolute Gasteiger partial charge is 0.407 e. The summed E-state index contributed by atoms with van der Waals surface area (Å²) in [5.41, 5.74) is -0.441. The molecule has 0 atom stereocenters. The van der Waals surface area contributed by atoms with E-state index >= 15 is 0 Å². The van der Waals surface area contributed by atoms with Crippen LogP contribution in [-0.4, -0.2) is 55.9 Å². The standard InChI is InChI=1S/C15H29N3O2/c1-15(2,3)20-14(19)17-10-6-5-9-16-13-7-11-18(4)12-8-13/h5-6,13,16H,7-12H2,1-4H3,(H,17,19)/b6-5+. The van der Waals surface area contributed by atoms with Gasteiger partial charge in [-0.15, -0.1) is 0 Å². The van der Waals surface area contributed by atoms with E-state index in [0.29, 0.717) is 12.6 Å². The van der Waals surface area contributed by atoms with Crippen LogP contribution in [0.5, 0.6) is 0 Å². The van der Waals surface area contributed by atoms with E-state index in [9.17, 15) is 4.79 Å². The molecule has 0 radical (unpaired) electrons. The molecule has 1 aliphatic rings. The third-order valence-electron chi connectivity index (χ3n) is 3.17. The Morgan fingerprint density at radius 1 is 1.25 bits per heavy atom. The Balaban J connectivity index is 2.03. The van der Waals surface area contributed by atoms with Gasteiger partial charge in [-0.25, -0.2) is 4.79 Å². The maximum absolute atomic E-state index is 11.4. The summed E-state index contributed by atoms with van der Waals surface area (Å²) in [4.78, 5) is 13.7. The number of nitrogens with one attached hydrogen (secondary N) is 2. The summed E-state index contributed by atoms with van der Waals surface area (Å²) in [6, 6.07) is 0.620. The molecular formula is C15H29N3O2. The second kappa shape index (κ2) is 8.27. The van der Waals surface area contributed by atoms with Gasteiger partial charge in [-0.2, -0.15) is 0 Å². The number of rotatable bonds is 5. The van der Waals surface area contributed by atoms with Crippen molar-refractivity contribution >= 4 is 6.09 Å². The quantitative estimate of drug-likeness (QED) is 0.755. The average molecular weight is 283 g/mol. The van der Waals surface area contributed by atoms with Crippen LogP contribution in [0.15, 0.2) is 12.2 Å². The van der Waals surface area contributed by atoms with Crippen LogP contribution >= 0.6 is 0 Å². The van der Waals surface area contributed by atoms with E-state index in [1.807, 2.05) is 26.8 Å². The van der Waals surface area contributed by atoms with Crippen LogP contribution in [-0.2, 0) is 4.74 Å². The number of carbonyl (C=O) groups is 1. The normalized spacial score (nSPS) is 18.4. The molecule has 0 aliphatic carbocycles. The molecule has 0 aromatic carbocycles. The van der Waals surface area contributed by atoms with Crippen LogP contribution in [0.1, 0.15) is 33.6 Å². The second-order valence-corrected chi connectivity index (χ2v) is 6.34. The van der Waals surface area contributed by atoms with Crippen molar-refractivity contribution in [3.63, 3.8) is 0 Å². The largest absolute Gasteiger partial charge is 0.444 e. The Labute approximate surface area is 122 Å². The van der Waals surface area contributed by atoms with Crippen LogP contribution in [0.2, 0.25) is 0 Å². The van der Waals surface area contributed by atoms with Crippen molar-refractivity contribution in [2.75, 3.05) is 33.2 Å². The molecule has 1 saturated heterocycles. The number of piperidine rings is 1. The van der Waals surface area contributed by atoms with E-state index in [0.717, 1.165) is 6.54 Å². The van der Waals surface area contributed by atoms with E-state index in [1.165, 1.54) is 25.9 Å². The van der Waals surface area contributed by atoms with Gasteiger partial charge in [0, 0.05) is 19.1 Å². The molecule has 1 aliphatic heterocycles. The summed E-state index contributed by atoms with van der Waals surface area (Å²) in [5, 5.41) is 6.21. The van der Waals surface area contributed by atoms with Gasteiger partial charge in [0.1, 0.15) is 5.60 Å². The predicted octanol–water partition coefficient (Wildman–Crippen LogP) is 1.75. The van der Waals surface area contributed by atoms with E-state index in [-0.39, 0.29) is 6.09 Å². The number of alkyl carbamates (subject to hydrolysis) is 1. The number of hydrogen-bond acceptors (Lipinski definition) is 4. The highest BCUT2D eigenvalue weighted by Gasteiger charge is 2.15. The SMILES string of the molecule is CN1CCC(NC/C=C/CNC(=O)OC(C)(C)C)CC1. The van der Waals surface area contributed by atoms with Gasteiger partial charge in [-0.1, -0.05) is 12.2 Å². The first-order valence-electron chi connectivity index (χ1n) is 7.40. The Bertz CT molecular complexity index is 316. The van der Waals surface area contributed by atoms with Crippen molar-refractivity contribution in [2.24, 2.45) is 0 Å². The monoisotopic (exact) mass is 283 g/mol. The Morgan fingerprint density at radius 2 is 1.85 bits per heavy atom. The third kappa shape index (κ3) is 8.17. The zero-order chi connectivity index (χ0) is 15.0. The lowest BCUT2D eigenvalue weighted by Crippen LogP contribution is -2.40. The molecule has 0 aromatic rings. The highest BCUT2D eigenvalue weighted by molar-refractivity contribution is 5.67. The minimum Gasteiger partial charge on any atom is -0.444 e. The van der Waals surface area contributed by atoms with Crippen LogP contribution in [0.3, 0.4) is 0 Å². The highest BCUT2D eigenvalue weighted by atomic mass is 16.6. The van der Waals surface area contributed by atoms with Gasteiger partial charge < -0.3 is 20.3 Å². The van der Waals surface area contributed by atoms with Crippen LogP contribution in [0.4, 0.5) is 4.79 Å². The summed E-state index contributed by atoms with van der Waals surface area (Å²) in [7, 11) is 2.17. The average Bonchev–Trinajstić information content (AvgIpc) is 2.33. The zero-order valence-electron chi connectivity index (χ0n) is 13.2. The summed E-state index contributed by atoms with van der Waals surface area (Å²) in [5.74, 6) is 0. The summed E-state index contributed by atoms with van der Waals surface area (Å²) >= 11 is 0. The molecule has 0 bridgehead atoms. The van der Waals surface area contributed by atoms with E-state index in [1.54, 1.807) is 0 Å². The van der Waals surface area contributed by atoms with Gasteiger partial charge in [0.05, 0.1) is 0 Å². The molecule has 0 unspecified atom stereocenters. The van der Waals surface area contributed by atoms with Crippen molar-refractivity contribution in [3.05, 3.63) is 12.2 Å². The molecule has 5 nitrogen and oxygen atoms in total. The van der Waals surface area contributed by atoms with Crippen molar-refractivity contribution in [1.29, 1.82) is 0 Å². The van der Waals surface area contributed by atoms with Crippen molar-refractivity contribution in [2.45, 2.75) is 45.3 Å². The topological polar surface area (TPSA) is 53.6 Å². The lowest BCUT2D eigenvalue weighted by atomic mass is 10.1. The van der Waals surface area contributed by atoms with Crippen LogP contribution in [0.25, 0.3) is 0 Å². The predicted molar refractivity (Wildman–Crippen MR) is 81.9 cm³/mol. The Morgan fingerprint density at radius 3 is 2.45 bits per heavy atom. The first-order valence-corrected chi connectivity index (χ1v) is 7.40. The van der Waals surface area contributed by atoms with E-state index in [4.69, 9.17) is 4.74 Å². The van der Waals surface area contributed by atoms with Crippen molar-refractivity contribution < 1.29 is 9.53 Å². The van der Waals surface area contributed by atoms with E-state index in [2.05, 4.69) is 28.7 Å². The Kier molecular flexibility index (Phi) is 7.02. The minimum atomic E-state index is -0.441. The van der Waals surface area contributed by atoms with E-state index < -0.39 is 5.60 Å². The van der Waals surface area contributed by atoms with Gasteiger partial charge in [0.15, 0.2) is 0 Å². The number of hydrogen-bond donors (Lipinski definition) is 2. The van der Waals surface area contributed by atoms with Crippen molar-refractivity contribution in [3.8, 4) is 0 Å². The molecule has 5 heteroatoms. The molecule has 0 spiro atoms. The van der Waals surface area contributed by atoms with Gasteiger partial charge in [0.2, 0.25) is 0 Å². The highest BCUT2D eigenvalue weighted by Crippen LogP contribution is 2.07. The fourth-order valence-corrected chi connectivity index (χ4v) is 2.07. The molecule has 116 valence electrons. The lowest BCUT2D eigenvalue weighted by Gasteiger charge is -2.29. The molecule has 1 amide bonds. The molecule has 0 saturated carbocycles. The van der Waals surface area contributed by atoms with Crippen molar-refractivity contribution in [1.82, 2.24) is 15.5 Å². The lowest BCUT2D eigenvalue weighted by molar-refractivity contribution is 0.0534. The maximum Gasteiger partial charge on any atom is 0.407 e. The summed E-state index contributed by atoms with van der Waals surface area (Å²) in [6.45, 7) is 9.26. The Hall–Kier alpha value is -1.07. The summed E-state index contributed by atoms with van der Waals surface area (Å²) < 4.78 is 5.15. The molecule has 1 heterocycles. The zero-order valence-corrected chi connectivity index (χ0v) is 13.2. The van der Waals surface area contributed by atoms with Gasteiger partial charge in [-0.3, -0.25) is 0 Å². The first-order chi connectivity index (χ1) is 9.37. The second-order valence-electron chi connectivity index (χ2n) is 6.34. The molecule has 20 heavy (non-hydrogen) atoms. The number of nitrogens with zero attached hydrogens (tertiary/aromatic N) is 1. The third-order valence-corrected chi connectivity index (χ3v) is 3.17. The number of amides is 1. The summed E-state index contributed by atoms with van der Waals surface area (Å²) in [6.07, 6.45) is 6.05. The number of carbonyl (C=O) groups excluding carboxylic acids is 1. The molecule has 2 N–H and O–H groups in total. The fourth-order valence-electron chi connectivity index (χ4n) is 2.07. The maximum atomic E-state index is 11.4. The minimum absolute atomic E-state index is 0.370.